The zero-order valence-electron chi connectivity index (χ0n) is 22.5. The Kier molecular flexibility index (Phi) is 8.23. The number of imide groups is 1. The third-order valence-electron chi connectivity index (χ3n) is 5.84. The molecule has 38 heavy (non-hydrogen) atoms. The highest BCUT2D eigenvalue weighted by molar-refractivity contribution is 8.15. The highest BCUT2D eigenvalue weighted by Gasteiger charge is 2.57. The van der Waals surface area contributed by atoms with E-state index in [1.807, 2.05) is 0 Å². The van der Waals surface area contributed by atoms with E-state index in [4.69, 9.17) is 9.47 Å². The number of aliphatic carboxylic acids is 1. The van der Waals surface area contributed by atoms with Gasteiger partial charge in [0.15, 0.2) is 16.8 Å². The van der Waals surface area contributed by atoms with Gasteiger partial charge in [0, 0.05) is 17.5 Å². The van der Waals surface area contributed by atoms with Gasteiger partial charge in [0.05, 0.1) is 16.5 Å². The Hall–Kier alpha value is -3.29. The third-order valence-corrected chi connectivity index (χ3v) is 7.25. The van der Waals surface area contributed by atoms with Crippen LogP contribution in [0.5, 0.6) is 0 Å². The van der Waals surface area contributed by atoms with Crippen LogP contribution in [0.15, 0.2) is 17.1 Å². The zero-order chi connectivity index (χ0) is 29.6. The quantitative estimate of drug-likeness (QED) is 0.356. The van der Waals surface area contributed by atoms with Crippen molar-refractivity contribution in [3.8, 4) is 0 Å². The van der Waals surface area contributed by atoms with Gasteiger partial charge in [0.1, 0.15) is 15.9 Å². The van der Waals surface area contributed by atoms with Crippen LogP contribution in [0.25, 0.3) is 0 Å². The number of carbonyl (C=O) groups excluding carboxylic acids is 2. The number of amidine groups is 1. The fourth-order valence-electron chi connectivity index (χ4n) is 3.65. The second-order valence-corrected chi connectivity index (χ2v) is 12.5. The normalized spacial score (nSPS) is 23.8. The van der Waals surface area contributed by atoms with Gasteiger partial charge in [-0.1, -0.05) is 18.7 Å². The van der Waals surface area contributed by atoms with Gasteiger partial charge in [-0.25, -0.2) is 23.4 Å². The van der Waals surface area contributed by atoms with E-state index >= 15 is 4.39 Å². The summed E-state index contributed by atoms with van der Waals surface area (Å²) in [6, 6.07) is 1.14. The minimum absolute atomic E-state index is 0.387. The van der Waals surface area contributed by atoms with Crippen molar-refractivity contribution < 1.29 is 42.7 Å². The average molecular weight is 560 g/mol. The molecule has 0 bridgehead atoms. The number of nitrogens with zero attached hydrogens (tertiary/aromatic N) is 3. The number of benzene rings is 1. The zero-order valence-corrected chi connectivity index (χ0v) is 23.4. The molecule has 0 saturated heterocycles. The monoisotopic (exact) mass is 559 g/mol. The van der Waals surface area contributed by atoms with Crippen LogP contribution < -0.4 is 0 Å². The van der Waals surface area contributed by atoms with Crippen LogP contribution in [0.4, 0.5) is 24.1 Å². The molecule has 1 unspecified atom stereocenters. The Morgan fingerprint density at radius 3 is 1.95 bits per heavy atom. The topological polar surface area (TPSA) is 149 Å². The molecule has 0 saturated carbocycles. The van der Waals surface area contributed by atoms with E-state index in [2.05, 4.69) is 4.99 Å². The van der Waals surface area contributed by atoms with Crippen molar-refractivity contribution in [2.24, 2.45) is 10.9 Å². The molecule has 1 heterocycles. The van der Waals surface area contributed by atoms with Crippen molar-refractivity contribution in [3.63, 3.8) is 0 Å². The number of nitro groups is 1. The molecule has 1 N–H and O–H groups in total. The molecule has 0 aromatic heterocycles. The van der Waals surface area contributed by atoms with Gasteiger partial charge >= 0.3 is 18.2 Å². The van der Waals surface area contributed by atoms with E-state index in [-0.39, 0.29) is 0 Å². The Morgan fingerprint density at radius 2 is 1.55 bits per heavy atom. The molecule has 0 spiro atoms. The molecule has 2 rings (SSSR count). The summed E-state index contributed by atoms with van der Waals surface area (Å²) in [5, 5.41) is 21.0. The molecule has 2 amide bonds. The number of non-ortho nitro benzene ring substituents is 1. The van der Waals surface area contributed by atoms with E-state index in [9.17, 15) is 34.0 Å². The van der Waals surface area contributed by atoms with E-state index < -0.39 is 78.5 Å². The van der Waals surface area contributed by atoms with Gasteiger partial charge in [-0.2, -0.15) is 4.90 Å². The number of amides is 2. The van der Waals surface area contributed by atoms with Crippen LogP contribution in [0, 0.1) is 27.7 Å². The Morgan fingerprint density at radius 1 is 1.08 bits per heavy atom. The van der Waals surface area contributed by atoms with Gasteiger partial charge in [-0.15, -0.1) is 0 Å². The van der Waals surface area contributed by atoms with Crippen molar-refractivity contribution in [2.45, 2.75) is 83.8 Å². The standard InChI is InChI=1S/C24H31F2N3O8S/c1-12-23(8,14-10-13(29(34)35)11-15(25)16(14)26)27-18(38-24(12,9)17(30)31)28(19(32)36-21(2,3)4)20(33)37-22(5,6)7/h10-12H,1-9H3,(H,30,31)/t12?,23-,24-/m0/s1. The Bertz CT molecular complexity index is 1180. The first-order valence-electron chi connectivity index (χ1n) is 11.5. The number of hydrogen-bond donors (Lipinski definition) is 1. The van der Waals surface area contributed by atoms with E-state index in [0.29, 0.717) is 22.7 Å². The number of aliphatic imine (C=N–C) groups is 1. The summed E-state index contributed by atoms with van der Waals surface area (Å²) >= 11 is 0.509. The number of halogens is 2. The fourth-order valence-corrected chi connectivity index (χ4v) is 4.99. The summed E-state index contributed by atoms with van der Waals surface area (Å²) < 4.78 is 38.4. The first-order chi connectivity index (χ1) is 17.0. The largest absolute Gasteiger partial charge is 0.480 e. The van der Waals surface area contributed by atoms with E-state index in [1.54, 1.807) is 0 Å². The molecule has 1 aromatic carbocycles. The molecule has 0 radical (unpaired) electrons. The molecule has 1 aliphatic heterocycles. The second kappa shape index (κ2) is 10.1. The highest BCUT2D eigenvalue weighted by Crippen LogP contribution is 2.52. The van der Waals surface area contributed by atoms with Crippen molar-refractivity contribution in [3.05, 3.63) is 39.4 Å². The number of thioether (sulfide) groups is 1. The van der Waals surface area contributed by atoms with Crippen LogP contribution in [-0.2, 0) is 19.8 Å². The Labute approximate surface area is 222 Å². The summed E-state index contributed by atoms with van der Waals surface area (Å²) in [5.74, 6) is -5.61. The number of hydrogen-bond acceptors (Lipinski definition) is 9. The van der Waals surface area contributed by atoms with Gasteiger partial charge in [-0.05, 0) is 55.4 Å². The summed E-state index contributed by atoms with van der Waals surface area (Å²) in [7, 11) is 0. The van der Waals surface area contributed by atoms with Crippen LogP contribution in [0.3, 0.4) is 0 Å². The number of carboxylic acids is 1. The van der Waals surface area contributed by atoms with Crippen LogP contribution in [-0.4, -0.2) is 54.2 Å². The third kappa shape index (κ3) is 6.22. The minimum atomic E-state index is -2.01. The van der Waals surface area contributed by atoms with E-state index in [1.165, 1.54) is 62.3 Å². The molecule has 0 aliphatic carbocycles. The van der Waals surface area contributed by atoms with Crippen molar-refractivity contribution in [2.75, 3.05) is 0 Å². The molecule has 1 aromatic rings. The molecule has 1 aliphatic rings. The summed E-state index contributed by atoms with van der Waals surface area (Å²) in [4.78, 5) is 54.1. The molecule has 210 valence electrons. The smallest absolute Gasteiger partial charge is 0.426 e. The molecule has 14 heteroatoms. The predicted octanol–water partition coefficient (Wildman–Crippen LogP) is 5.84. The maximum atomic E-state index is 15.2. The van der Waals surface area contributed by atoms with Crippen LogP contribution in [0.1, 0.15) is 67.9 Å². The van der Waals surface area contributed by atoms with Crippen molar-refractivity contribution >= 4 is 40.8 Å². The molecular weight excluding hydrogens is 528 g/mol. The molecule has 11 nitrogen and oxygen atoms in total. The van der Waals surface area contributed by atoms with Gasteiger partial charge in [0.25, 0.3) is 5.69 Å². The lowest BCUT2D eigenvalue weighted by atomic mass is 9.73. The maximum absolute atomic E-state index is 15.2. The number of rotatable bonds is 3. The van der Waals surface area contributed by atoms with E-state index in [0.717, 1.165) is 6.07 Å². The van der Waals surface area contributed by atoms with Crippen molar-refractivity contribution in [1.82, 2.24) is 4.90 Å². The maximum Gasteiger partial charge on any atom is 0.426 e. The predicted molar refractivity (Wildman–Crippen MR) is 135 cm³/mol. The minimum Gasteiger partial charge on any atom is -0.480 e. The molecule has 3 atom stereocenters. The summed E-state index contributed by atoms with van der Waals surface area (Å²) in [6.45, 7) is 13.1. The number of carbonyl (C=O) groups is 3. The number of ether oxygens (including phenoxy) is 2. The number of carboxylic acid groups (broad SMARTS) is 1. The lowest BCUT2D eigenvalue weighted by Gasteiger charge is -2.46. The van der Waals surface area contributed by atoms with Crippen LogP contribution >= 0.6 is 11.8 Å². The average Bonchev–Trinajstić information content (AvgIpc) is 2.70. The van der Waals surface area contributed by atoms with Gasteiger partial charge in [-0.3, -0.25) is 14.9 Å². The fraction of sp³-hybridized carbons (Fsp3) is 0.583. The first-order valence-corrected chi connectivity index (χ1v) is 12.3. The molecule has 0 fully saturated rings. The van der Waals surface area contributed by atoms with Crippen LogP contribution in [0.2, 0.25) is 0 Å². The summed E-state index contributed by atoms with van der Waals surface area (Å²) in [6.07, 6.45) is -2.51. The highest BCUT2D eigenvalue weighted by atomic mass is 32.2. The summed E-state index contributed by atoms with van der Waals surface area (Å²) in [5.41, 5.74) is -5.63. The lowest BCUT2D eigenvalue weighted by molar-refractivity contribution is -0.385. The number of nitro benzene ring substituents is 1. The second-order valence-electron chi connectivity index (χ2n) is 11.1. The SMILES string of the molecule is CC1[C@@](C)(C(=O)O)SC(N(C(=O)OC(C)(C)C)C(=O)OC(C)(C)C)=N[C@]1(C)c1cc([N+](=O)[O-])cc(F)c1F. The van der Waals surface area contributed by atoms with Gasteiger partial charge in [0.2, 0.25) is 0 Å². The Balaban J connectivity index is 2.92. The first kappa shape index (κ1) is 30.9. The lowest BCUT2D eigenvalue weighted by Crippen LogP contribution is -2.56. The van der Waals surface area contributed by atoms with Gasteiger partial charge < -0.3 is 14.6 Å². The molecular formula is C24H31F2N3O8S. The van der Waals surface area contributed by atoms with Crippen molar-refractivity contribution in [1.29, 1.82) is 0 Å².